The lowest BCUT2D eigenvalue weighted by Gasteiger charge is -2.09. The van der Waals surface area contributed by atoms with E-state index in [-0.39, 0.29) is 11.8 Å². The zero-order valence-corrected chi connectivity index (χ0v) is 13.2. The first kappa shape index (κ1) is 17.3. The first-order valence-corrected chi connectivity index (χ1v) is 8.02. The van der Waals surface area contributed by atoms with Crippen LogP contribution in [0.1, 0.15) is 40.5 Å². The molecule has 0 aromatic heterocycles. The van der Waals surface area contributed by atoms with Crippen LogP contribution in [0, 0.1) is 5.92 Å². The molecule has 0 saturated heterocycles. The van der Waals surface area contributed by atoms with Gasteiger partial charge in [-0.15, -0.1) is 0 Å². The lowest BCUT2D eigenvalue weighted by molar-refractivity contribution is -0.123. The molecule has 0 aliphatic carbocycles. The van der Waals surface area contributed by atoms with E-state index in [4.69, 9.17) is 0 Å². The Morgan fingerprint density at radius 2 is 2.06 bits per heavy atom. The fraction of sp³-hybridized carbons (Fsp3) is 0.667. The van der Waals surface area contributed by atoms with E-state index >= 15 is 0 Å². The van der Waals surface area contributed by atoms with Gasteiger partial charge in [-0.25, -0.2) is 0 Å². The molecule has 0 radical (unpaired) electrons. The van der Waals surface area contributed by atoms with Crippen LogP contribution >= 0.6 is 11.8 Å². The summed E-state index contributed by atoms with van der Waals surface area (Å²) < 4.78 is 0. The van der Waals surface area contributed by atoms with Crippen molar-refractivity contribution in [3.05, 3.63) is 23.3 Å². The maximum atomic E-state index is 11.8. The maximum Gasteiger partial charge on any atom is 0.226 e. The third-order valence-corrected chi connectivity index (χ3v) is 3.35. The summed E-state index contributed by atoms with van der Waals surface area (Å²) >= 11 is 1.82. The predicted octanol–water partition coefficient (Wildman–Crippen LogP) is 3.79. The third-order valence-electron chi connectivity index (χ3n) is 2.60. The Hall–Kier alpha value is -0.700. The molecule has 3 heteroatoms. The molecular formula is C15H27NOS. The molecule has 1 atom stereocenters. The first-order valence-electron chi connectivity index (χ1n) is 6.63. The Bertz CT molecular complexity index is 308. The average Bonchev–Trinajstić information content (AvgIpc) is 2.28. The normalized spacial score (nSPS) is 14.5. The number of unbranched alkanes of at least 4 members (excludes halogenated alkanes) is 1. The van der Waals surface area contributed by atoms with Crippen molar-refractivity contribution < 1.29 is 4.79 Å². The zero-order valence-electron chi connectivity index (χ0n) is 12.4. The summed E-state index contributed by atoms with van der Waals surface area (Å²) in [6.45, 7) is 9.04. The molecule has 18 heavy (non-hydrogen) atoms. The predicted molar refractivity (Wildman–Crippen MR) is 83.0 cm³/mol. The molecule has 0 heterocycles. The fourth-order valence-corrected chi connectivity index (χ4v) is 2.26. The van der Waals surface area contributed by atoms with Crippen LogP contribution in [-0.2, 0) is 4.79 Å². The van der Waals surface area contributed by atoms with Gasteiger partial charge >= 0.3 is 0 Å². The number of nitrogens with one attached hydrogen (secondary N) is 1. The number of allylic oxidation sites excluding steroid dienone is 2. The van der Waals surface area contributed by atoms with Gasteiger partial charge in [0.2, 0.25) is 5.91 Å². The minimum absolute atomic E-state index is 0.0554. The summed E-state index contributed by atoms with van der Waals surface area (Å²) in [5.41, 5.74) is 2.51. The Morgan fingerprint density at radius 3 is 2.61 bits per heavy atom. The van der Waals surface area contributed by atoms with Crippen molar-refractivity contribution in [3.63, 3.8) is 0 Å². The Balaban J connectivity index is 4.29. The number of thioether (sulfide) groups is 1. The molecule has 0 spiro atoms. The molecule has 0 rings (SSSR count). The minimum atomic E-state index is -0.0554. The quantitative estimate of drug-likeness (QED) is 0.536. The van der Waals surface area contributed by atoms with E-state index in [1.165, 1.54) is 11.1 Å². The van der Waals surface area contributed by atoms with Crippen molar-refractivity contribution in [2.75, 3.05) is 18.6 Å². The number of carbonyl (C=O) groups is 1. The molecule has 0 aromatic rings. The van der Waals surface area contributed by atoms with Crippen molar-refractivity contribution >= 4 is 17.7 Å². The van der Waals surface area contributed by atoms with Crippen LogP contribution in [0.25, 0.3) is 0 Å². The van der Waals surface area contributed by atoms with E-state index in [0.717, 1.165) is 25.1 Å². The van der Waals surface area contributed by atoms with Crippen LogP contribution in [0.15, 0.2) is 23.3 Å². The van der Waals surface area contributed by atoms with Gasteiger partial charge in [-0.3, -0.25) is 4.79 Å². The Morgan fingerprint density at radius 1 is 1.39 bits per heavy atom. The third kappa shape index (κ3) is 8.40. The first-order chi connectivity index (χ1) is 8.51. The van der Waals surface area contributed by atoms with Crippen molar-refractivity contribution in [3.8, 4) is 0 Å². The van der Waals surface area contributed by atoms with Gasteiger partial charge in [-0.05, 0) is 26.5 Å². The van der Waals surface area contributed by atoms with E-state index in [0.29, 0.717) is 0 Å². The second-order valence-corrected chi connectivity index (χ2v) is 5.63. The SMILES string of the molecule is CCCCNC(=O)C(C)/C=C(C)\C=C(\C)CSC. The molecule has 0 aliphatic rings. The highest BCUT2D eigenvalue weighted by atomic mass is 32.2. The van der Waals surface area contributed by atoms with Gasteiger partial charge in [0.05, 0.1) is 5.92 Å². The summed E-state index contributed by atoms with van der Waals surface area (Å²) in [5.74, 6) is 1.11. The standard InChI is InChI=1S/C15H27NOS/c1-6-7-8-16-15(17)14(4)10-12(2)9-13(3)11-18-5/h9-10,14H,6-8,11H2,1-5H3,(H,16,17)/b12-10-,13-9-. The maximum absolute atomic E-state index is 11.8. The second kappa shape index (κ2) is 10.2. The number of amides is 1. The van der Waals surface area contributed by atoms with Crippen LogP contribution in [0.4, 0.5) is 0 Å². The molecule has 0 bridgehead atoms. The van der Waals surface area contributed by atoms with Gasteiger partial charge in [0.15, 0.2) is 0 Å². The summed E-state index contributed by atoms with van der Waals surface area (Å²) in [6.07, 6.45) is 8.45. The van der Waals surface area contributed by atoms with Crippen LogP contribution in [-0.4, -0.2) is 24.5 Å². The van der Waals surface area contributed by atoms with Crippen molar-refractivity contribution in [1.82, 2.24) is 5.32 Å². The van der Waals surface area contributed by atoms with Gasteiger partial charge in [-0.2, -0.15) is 11.8 Å². The molecule has 2 nitrogen and oxygen atoms in total. The van der Waals surface area contributed by atoms with Crippen molar-refractivity contribution in [2.45, 2.75) is 40.5 Å². The van der Waals surface area contributed by atoms with Gasteiger partial charge in [0.25, 0.3) is 0 Å². The molecule has 1 N–H and O–H groups in total. The lowest BCUT2D eigenvalue weighted by Crippen LogP contribution is -2.29. The number of hydrogen-bond acceptors (Lipinski definition) is 2. The topological polar surface area (TPSA) is 29.1 Å². The highest BCUT2D eigenvalue weighted by molar-refractivity contribution is 7.98. The van der Waals surface area contributed by atoms with Crippen molar-refractivity contribution in [1.29, 1.82) is 0 Å². The Kier molecular flexibility index (Phi) is 9.85. The van der Waals surface area contributed by atoms with Gasteiger partial charge in [0, 0.05) is 12.3 Å². The smallest absolute Gasteiger partial charge is 0.226 e. The molecule has 0 aliphatic heterocycles. The van der Waals surface area contributed by atoms with E-state index in [1.807, 2.05) is 24.8 Å². The summed E-state index contributed by atoms with van der Waals surface area (Å²) in [4.78, 5) is 11.8. The molecule has 0 saturated carbocycles. The Labute approximate surface area is 116 Å². The molecule has 0 aromatic carbocycles. The van der Waals surface area contributed by atoms with Crippen molar-refractivity contribution in [2.24, 2.45) is 5.92 Å². The van der Waals surface area contributed by atoms with E-state index in [9.17, 15) is 4.79 Å². The van der Waals surface area contributed by atoms with Crippen LogP contribution in [0.2, 0.25) is 0 Å². The molecular weight excluding hydrogens is 242 g/mol. The average molecular weight is 269 g/mol. The van der Waals surface area contributed by atoms with Crippen LogP contribution < -0.4 is 5.32 Å². The molecule has 0 fully saturated rings. The van der Waals surface area contributed by atoms with Gasteiger partial charge in [-0.1, -0.05) is 43.6 Å². The zero-order chi connectivity index (χ0) is 14.0. The lowest BCUT2D eigenvalue weighted by atomic mass is 10.1. The number of hydrogen-bond donors (Lipinski definition) is 1. The monoisotopic (exact) mass is 269 g/mol. The molecule has 1 amide bonds. The van der Waals surface area contributed by atoms with E-state index in [2.05, 4.69) is 38.4 Å². The number of carbonyl (C=O) groups excluding carboxylic acids is 1. The summed E-state index contributed by atoms with van der Waals surface area (Å²) in [6, 6.07) is 0. The van der Waals surface area contributed by atoms with Crippen LogP contribution in [0.3, 0.4) is 0 Å². The highest BCUT2D eigenvalue weighted by Gasteiger charge is 2.08. The van der Waals surface area contributed by atoms with Gasteiger partial charge in [0.1, 0.15) is 0 Å². The molecule has 1 unspecified atom stereocenters. The van der Waals surface area contributed by atoms with Gasteiger partial charge < -0.3 is 5.32 Å². The summed E-state index contributed by atoms with van der Waals surface area (Å²) in [5, 5.41) is 2.96. The van der Waals surface area contributed by atoms with Crippen LogP contribution in [0.5, 0.6) is 0 Å². The highest BCUT2D eigenvalue weighted by Crippen LogP contribution is 2.10. The molecule has 104 valence electrons. The summed E-state index contributed by atoms with van der Waals surface area (Å²) in [7, 11) is 0. The second-order valence-electron chi connectivity index (χ2n) is 4.77. The van der Waals surface area contributed by atoms with E-state index < -0.39 is 0 Å². The fourth-order valence-electron chi connectivity index (χ4n) is 1.73. The number of rotatable bonds is 8. The minimum Gasteiger partial charge on any atom is -0.356 e. The van der Waals surface area contributed by atoms with E-state index in [1.54, 1.807) is 0 Å². The largest absolute Gasteiger partial charge is 0.356 e.